The summed E-state index contributed by atoms with van der Waals surface area (Å²) < 4.78 is 14.2. The Hall–Kier alpha value is -1.68. The van der Waals surface area contributed by atoms with E-state index in [0.717, 1.165) is 22.4 Å². The maximum absolute atomic E-state index is 13.8. The molecule has 0 atom stereocenters. The molecule has 0 fully saturated rings. The van der Waals surface area contributed by atoms with Crippen LogP contribution in [-0.2, 0) is 0 Å². The summed E-state index contributed by atoms with van der Waals surface area (Å²) in [6, 6.07) is 8.44. The van der Waals surface area contributed by atoms with Gasteiger partial charge in [-0.2, -0.15) is 0 Å². The minimum atomic E-state index is -0.542. The van der Waals surface area contributed by atoms with Gasteiger partial charge in [0.25, 0.3) is 5.91 Å². The van der Waals surface area contributed by atoms with E-state index in [2.05, 4.69) is 21.2 Å². The Morgan fingerprint density at radius 3 is 2.30 bits per heavy atom. The van der Waals surface area contributed by atoms with Crippen molar-refractivity contribution in [2.45, 2.75) is 20.8 Å². The van der Waals surface area contributed by atoms with E-state index in [1.165, 1.54) is 6.07 Å². The van der Waals surface area contributed by atoms with Gasteiger partial charge in [0, 0.05) is 10.2 Å². The van der Waals surface area contributed by atoms with E-state index in [9.17, 15) is 9.18 Å². The summed E-state index contributed by atoms with van der Waals surface area (Å²) in [5.74, 6) is -0.996. The van der Waals surface area contributed by atoms with Gasteiger partial charge in [-0.1, -0.05) is 23.8 Å². The van der Waals surface area contributed by atoms with Crippen LogP contribution in [0, 0.1) is 26.6 Å². The van der Waals surface area contributed by atoms with Crippen LogP contribution in [0.4, 0.5) is 10.1 Å². The fourth-order valence-corrected chi connectivity index (χ4v) is 2.79. The molecule has 1 amide bonds. The molecule has 2 aromatic rings. The highest BCUT2D eigenvalue weighted by Crippen LogP contribution is 2.25. The molecule has 104 valence electrons. The summed E-state index contributed by atoms with van der Waals surface area (Å²) in [5, 5.41) is 2.79. The van der Waals surface area contributed by atoms with E-state index in [4.69, 9.17) is 0 Å². The second-order valence-corrected chi connectivity index (χ2v) is 5.68. The molecular weight excluding hydrogens is 321 g/mol. The predicted molar refractivity (Wildman–Crippen MR) is 82.7 cm³/mol. The fourth-order valence-electron chi connectivity index (χ4n) is 2.27. The van der Waals surface area contributed by atoms with Crippen molar-refractivity contribution in [1.29, 1.82) is 0 Å². The Labute approximate surface area is 126 Å². The topological polar surface area (TPSA) is 29.1 Å². The zero-order chi connectivity index (χ0) is 14.9. The number of carbonyl (C=O) groups excluding carboxylic acids is 1. The number of hydrogen-bond donors (Lipinski definition) is 1. The standard InChI is InChI=1S/C16H15BrFNO/c1-9-7-10(2)15(11(3)8-9)19-16(20)14-12(17)5-4-6-13(14)18/h4-8H,1-3H3,(H,19,20). The molecule has 0 aliphatic heterocycles. The van der Waals surface area contributed by atoms with E-state index >= 15 is 0 Å². The average Bonchev–Trinajstić information content (AvgIpc) is 2.33. The highest BCUT2D eigenvalue weighted by atomic mass is 79.9. The lowest BCUT2D eigenvalue weighted by Crippen LogP contribution is -2.16. The van der Waals surface area contributed by atoms with Gasteiger partial charge in [-0.05, 0) is 60.0 Å². The molecule has 0 radical (unpaired) electrons. The van der Waals surface area contributed by atoms with Gasteiger partial charge in [0.05, 0.1) is 5.56 Å². The van der Waals surface area contributed by atoms with E-state index in [-0.39, 0.29) is 5.56 Å². The minimum Gasteiger partial charge on any atom is -0.321 e. The summed E-state index contributed by atoms with van der Waals surface area (Å²) in [7, 11) is 0. The molecule has 0 spiro atoms. The molecule has 2 aromatic carbocycles. The van der Waals surface area contributed by atoms with Gasteiger partial charge < -0.3 is 5.32 Å². The van der Waals surface area contributed by atoms with Crippen molar-refractivity contribution >= 4 is 27.5 Å². The molecule has 4 heteroatoms. The Kier molecular flexibility index (Phi) is 4.23. The molecule has 20 heavy (non-hydrogen) atoms. The monoisotopic (exact) mass is 335 g/mol. The Balaban J connectivity index is 2.38. The molecule has 0 aromatic heterocycles. The van der Waals surface area contributed by atoms with Crippen molar-refractivity contribution < 1.29 is 9.18 Å². The van der Waals surface area contributed by atoms with Gasteiger partial charge in [-0.15, -0.1) is 0 Å². The van der Waals surface area contributed by atoms with Crippen molar-refractivity contribution in [3.63, 3.8) is 0 Å². The summed E-state index contributed by atoms with van der Waals surface area (Å²) in [4.78, 5) is 12.3. The number of carbonyl (C=O) groups is 1. The first kappa shape index (κ1) is 14.7. The van der Waals surface area contributed by atoms with E-state index in [1.54, 1.807) is 12.1 Å². The van der Waals surface area contributed by atoms with Crippen molar-refractivity contribution in [1.82, 2.24) is 0 Å². The maximum atomic E-state index is 13.8. The lowest BCUT2D eigenvalue weighted by molar-refractivity contribution is 0.102. The van der Waals surface area contributed by atoms with Crippen molar-refractivity contribution in [2.24, 2.45) is 0 Å². The number of rotatable bonds is 2. The van der Waals surface area contributed by atoms with Gasteiger partial charge in [-0.3, -0.25) is 4.79 Å². The largest absolute Gasteiger partial charge is 0.321 e. The van der Waals surface area contributed by atoms with Crippen LogP contribution >= 0.6 is 15.9 Å². The fraction of sp³-hybridized carbons (Fsp3) is 0.188. The normalized spacial score (nSPS) is 10.4. The van der Waals surface area contributed by atoms with Gasteiger partial charge in [-0.25, -0.2) is 4.39 Å². The van der Waals surface area contributed by atoms with Crippen LogP contribution in [0.15, 0.2) is 34.8 Å². The number of hydrogen-bond acceptors (Lipinski definition) is 1. The average molecular weight is 336 g/mol. The van der Waals surface area contributed by atoms with Gasteiger partial charge in [0.1, 0.15) is 5.82 Å². The highest BCUT2D eigenvalue weighted by molar-refractivity contribution is 9.10. The van der Waals surface area contributed by atoms with Crippen molar-refractivity contribution in [3.8, 4) is 0 Å². The molecule has 0 heterocycles. The lowest BCUT2D eigenvalue weighted by Gasteiger charge is -2.13. The number of aryl methyl sites for hydroxylation is 3. The molecule has 0 saturated carbocycles. The Morgan fingerprint density at radius 1 is 1.15 bits per heavy atom. The van der Waals surface area contributed by atoms with Crippen molar-refractivity contribution in [2.75, 3.05) is 5.32 Å². The molecular formula is C16H15BrFNO. The first-order valence-electron chi connectivity index (χ1n) is 6.23. The third kappa shape index (κ3) is 2.90. The Bertz CT molecular complexity index is 639. The van der Waals surface area contributed by atoms with Crippen LogP contribution in [-0.4, -0.2) is 5.91 Å². The van der Waals surface area contributed by atoms with Gasteiger partial charge in [0.15, 0.2) is 0 Å². The maximum Gasteiger partial charge on any atom is 0.259 e. The number of amides is 1. The third-order valence-electron chi connectivity index (χ3n) is 3.11. The molecule has 0 unspecified atom stereocenters. The van der Waals surface area contributed by atoms with Crippen LogP contribution in [0.3, 0.4) is 0 Å². The van der Waals surface area contributed by atoms with Crippen LogP contribution < -0.4 is 5.32 Å². The van der Waals surface area contributed by atoms with Crippen LogP contribution in [0.1, 0.15) is 27.0 Å². The van der Waals surface area contributed by atoms with Gasteiger partial charge >= 0.3 is 0 Å². The number of halogens is 2. The first-order chi connectivity index (χ1) is 9.40. The molecule has 2 nitrogen and oxygen atoms in total. The third-order valence-corrected chi connectivity index (χ3v) is 3.77. The SMILES string of the molecule is Cc1cc(C)c(NC(=O)c2c(F)cccc2Br)c(C)c1. The van der Waals surface area contributed by atoms with E-state index in [1.807, 2.05) is 32.9 Å². The number of nitrogens with one attached hydrogen (secondary N) is 1. The number of benzene rings is 2. The molecule has 0 aliphatic rings. The predicted octanol–water partition coefficient (Wildman–Crippen LogP) is 4.77. The first-order valence-corrected chi connectivity index (χ1v) is 7.02. The zero-order valence-electron chi connectivity index (χ0n) is 11.6. The molecule has 0 bridgehead atoms. The quantitative estimate of drug-likeness (QED) is 0.841. The van der Waals surface area contributed by atoms with E-state index in [0.29, 0.717) is 4.47 Å². The zero-order valence-corrected chi connectivity index (χ0v) is 13.1. The smallest absolute Gasteiger partial charge is 0.259 e. The molecule has 0 saturated heterocycles. The molecule has 0 aliphatic carbocycles. The summed E-state index contributed by atoms with van der Waals surface area (Å²) in [6.07, 6.45) is 0. The highest BCUT2D eigenvalue weighted by Gasteiger charge is 2.17. The van der Waals surface area contributed by atoms with E-state index < -0.39 is 11.7 Å². The lowest BCUT2D eigenvalue weighted by atomic mass is 10.0. The van der Waals surface area contributed by atoms with Crippen LogP contribution in [0.2, 0.25) is 0 Å². The summed E-state index contributed by atoms with van der Waals surface area (Å²) >= 11 is 3.21. The molecule has 2 rings (SSSR count). The minimum absolute atomic E-state index is 0.0203. The second-order valence-electron chi connectivity index (χ2n) is 4.82. The Morgan fingerprint density at radius 2 is 1.75 bits per heavy atom. The summed E-state index contributed by atoms with van der Waals surface area (Å²) in [6.45, 7) is 5.84. The van der Waals surface area contributed by atoms with Gasteiger partial charge in [0.2, 0.25) is 0 Å². The number of anilines is 1. The second kappa shape index (κ2) is 5.75. The molecule has 1 N–H and O–H groups in total. The van der Waals surface area contributed by atoms with Crippen LogP contribution in [0.25, 0.3) is 0 Å². The summed E-state index contributed by atoms with van der Waals surface area (Å²) in [5.41, 5.74) is 3.80. The van der Waals surface area contributed by atoms with Crippen LogP contribution in [0.5, 0.6) is 0 Å². The van der Waals surface area contributed by atoms with Crippen molar-refractivity contribution in [3.05, 3.63) is 62.9 Å².